The van der Waals surface area contributed by atoms with Crippen LogP contribution >= 0.6 is 0 Å². The van der Waals surface area contributed by atoms with Crippen LogP contribution in [0, 0.1) is 0 Å². The summed E-state index contributed by atoms with van der Waals surface area (Å²) >= 11 is 0. The van der Waals surface area contributed by atoms with Gasteiger partial charge in [0.15, 0.2) is 11.5 Å². The summed E-state index contributed by atoms with van der Waals surface area (Å²) < 4.78 is 1.84. The molecule has 26 heavy (non-hydrogen) atoms. The third-order valence-electron chi connectivity index (χ3n) is 4.63. The van der Waals surface area contributed by atoms with Crippen molar-refractivity contribution in [3.05, 3.63) is 65.9 Å². The van der Waals surface area contributed by atoms with Crippen LogP contribution in [0.15, 0.2) is 48.9 Å². The van der Waals surface area contributed by atoms with Gasteiger partial charge in [-0.1, -0.05) is 6.07 Å². The predicted octanol–water partition coefficient (Wildman–Crippen LogP) is 2.68. The van der Waals surface area contributed by atoms with Crippen molar-refractivity contribution in [2.45, 2.75) is 25.8 Å². The summed E-state index contributed by atoms with van der Waals surface area (Å²) in [5.41, 5.74) is 5.01. The minimum absolute atomic E-state index is 0.617. The highest BCUT2D eigenvalue weighted by molar-refractivity contribution is 5.57. The van der Waals surface area contributed by atoms with Crippen molar-refractivity contribution in [3.63, 3.8) is 0 Å². The van der Waals surface area contributed by atoms with Gasteiger partial charge in [0, 0.05) is 29.7 Å². The van der Waals surface area contributed by atoms with E-state index in [1.807, 2.05) is 34.8 Å². The number of fused-ring (bicyclic) bond motifs is 2. The molecule has 0 unspecified atom stereocenters. The molecule has 4 heterocycles. The van der Waals surface area contributed by atoms with Gasteiger partial charge in [0.1, 0.15) is 11.5 Å². The Morgan fingerprint density at radius 1 is 0.962 bits per heavy atom. The fraction of sp³-hybridized carbons (Fsp3) is 0.211. The number of pyridine rings is 1. The molecule has 1 N–H and O–H groups in total. The molecular formula is C19H17N7. The second-order valence-corrected chi connectivity index (χ2v) is 6.28. The van der Waals surface area contributed by atoms with E-state index in [2.05, 4.69) is 20.4 Å². The monoisotopic (exact) mass is 343 g/mol. The van der Waals surface area contributed by atoms with E-state index in [4.69, 9.17) is 9.97 Å². The zero-order chi connectivity index (χ0) is 17.3. The molecule has 7 heteroatoms. The zero-order valence-corrected chi connectivity index (χ0v) is 14.1. The Balaban J connectivity index is 1.50. The van der Waals surface area contributed by atoms with Crippen molar-refractivity contribution in [1.29, 1.82) is 0 Å². The van der Waals surface area contributed by atoms with Crippen LogP contribution in [0.1, 0.15) is 23.4 Å². The molecular weight excluding hydrogens is 326 g/mol. The quantitative estimate of drug-likeness (QED) is 0.613. The van der Waals surface area contributed by atoms with Gasteiger partial charge < -0.3 is 5.32 Å². The Morgan fingerprint density at radius 3 is 2.88 bits per heavy atom. The number of aromatic nitrogens is 6. The number of nitrogens with zero attached hydrogens (tertiary/aromatic N) is 6. The minimum Gasteiger partial charge on any atom is -0.364 e. The average molecular weight is 343 g/mol. The summed E-state index contributed by atoms with van der Waals surface area (Å²) in [6, 6.07) is 9.65. The van der Waals surface area contributed by atoms with Crippen LogP contribution < -0.4 is 5.32 Å². The fourth-order valence-corrected chi connectivity index (χ4v) is 3.38. The largest absolute Gasteiger partial charge is 0.364 e. The number of nitrogens with one attached hydrogen (secondary N) is 1. The van der Waals surface area contributed by atoms with Crippen LogP contribution in [0.2, 0.25) is 0 Å². The Morgan fingerprint density at radius 2 is 1.96 bits per heavy atom. The van der Waals surface area contributed by atoms with Crippen molar-refractivity contribution in [1.82, 2.24) is 29.5 Å². The van der Waals surface area contributed by atoms with Crippen LogP contribution in [0.4, 0.5) is 5.82 Å². The van der Waals surface area contributed by atoms with Gasteiger partial charge in [-0.15, -0.1) is 0 Å². The summed E-state index contributed by atoms with van der Waals surface area (Å²) in [6.45, 7) is 0.617. The van der Waals surface area contributed by atoms with Gasteiger partial charge in [-0.2, -0.15) is 5.10 Å². The maximum absolute atomic E-state index is 4.77. The van der Waals surface area contributed by atoms with Crippen molar-refractivity contribution < 1.29 is 0 Å². The van der Waals surface area contributed by atoms with Crippen LogP contribution in [-0.2, 0) is 19.4 Å². The predicted molar refractivity (Wildman–Crippen MR) is 97.6 cm³/mol. The number of aryl methyl sites for hydroxylation is 1. The first kappa shape index (κ1) is 14.9. The molecule has 0 aliphatic heterocycles. The SMILES string of the molecule is c1ccc(-c2nc3c(c(NCc4ccnc5ccnn45)n2)CCC3)nc1. The Kier molecular flexibility index (Phi) is 3.55. The van der Waals surface area contributed by atoms with Crippen LogP contribution in [0.3, 0.4) is 0 Å². The van der Waals surface area contributed by atoms with E-state index >= 15 is 0 Å². The Hall–Kier alpha value is -3.35. The van der Waals surface area contributed by atoms with Gasteiger partial charge in [0.05, 0.1) is 18.4 Å². The van der Waals surface area contributed by atoms with E-state index in [0.717, 1.165) is 47.8 Å². The van der Waals surface area contributed by atoms with E-state index in [1.54, 1.807) is 18.6 Å². The number of rotatable bonds is 4. The third kappa shape index (κ3) is 2.57. The van der Waals surface area contributed by atoms with Gasteiger partial charge in [0.25, 0.3) is 0 Å². The molecule has 7 nitrogen and oxygen atoms in total. The Bertz CT molecular complexity index is 1070. The van der Waals surface area contributed by atoms with Crippen LogP contribution in [0.25, 0.3) is 17.2 Å². The van der Waals surface area contributed by atoms with E-state index in [1.165, 1.54) is 5.56 Å². The Labute approximate surface area is 150 Å². The molecule has 0 amide bonds. The lowest BCUT2D eigenvalue weighted by Gasteiger charge is -2.12. The van der Waals surface area contributed by atoms with Gasteiger partial charge in [-0.3, -0.25) is 4.98 Å². The highest BCUT2D eigenvalue weighted by Crippen LogP contribution is 2.29. The molecule has 1 aliphatic carbocycles. The topological polar surface area (TPSA) is 80.9 Å². The first-order valence-electron chi connectivity index (χ1n) is 8.71. The van der Waals surface area contributed by atoms with E-state index in [0.29, 0.717) is 12.4 Å². The third-order valence-corrected chi connectivity index (χ3v) is 4.63. The fourth-order valence-electron chi connectivity index (χ4n) is 3.38. The normalized spacial score (nSPS) is 13.1. The number of anilines is 1. The summed E-state index contributed by atoms with van der Waals surface area (Å²) in [6.07, 6.45) is 8.44. The average Bonchev–Trinajstić information content (AvgIpc) is 3.36. The van der Waals surface area contributed by atoms with Crippen molar-refractivity contribution in [3.8, 4) is 11.5 Å². The summed E-state index contributed by atoms with van der Waals surface area (Å²) in [5, 5.41) is 7.83. The molecule has 0 aromatic carbocycles. The number of hydrogen-bond donors (Lipinski definition) is 1. The molecule has 0 saturated carbocycles. The second kappa shape index (κ2) is 6.18. The summed E-state index contributed by atoms with van der Waals surface area (Å²) in [4.78, 5) is 18.2. The van der Waals surface area contributed by atoms with E-state index < -0.39 is 0 Å². The van der Waals surface area contributed by atoms with Gasteiger partial charge >= 0.3 is 0 Å². The van der Waals surface area contributed by atoms with Crippen LogP contribution in [0.5, 0.6) is 0 Å². The van der Waals surface area contributed by atoms with E-state index in [-0.39, 0.29) is 0 Å². The molecule has 0 fully saturated rings. The highest BCUT2D eigenvalue weighted by atomic mass is 15.3. The molecule has 4 aromatic heterocycles. The highest BCUT2D eigenvalue weighted by Gasteiger charge is 2.20. The molecule has 1 aliphatic rings. The zero-order valence-electron chi connectivity index (χ0n) is 14.1. The lowest BCUT2D eigenvalue weighted by Crippen LogP contribution is -2.10. The smallest absolute Gasteiger partial charge is 0.180 e. The molecule has 0 atom stereocenters. The molecule has 0 radical (unpaired) electrons. The number of hydrogen-bond acceptors (Lipinski definition) is 6. The standard InChI is InChI=1S/C19H17N7/c1-2-9-20-16(5-1)19-24-15-6-3-4-14(15)18(25-19)22-12-13-7-10-21-17-8-11-23-26(13)17/h1-2,5,7-11H,3-4,6,12H2,(H,22,24,25). The second-order valence-electron chi connectivity index (χ2n) is 6.28. The van der Waals surface area contributed by atoms with Crippen molar-refractivity contribution in [2.24, 2.45) is 0 Å². The molecule has 128 valence electrons. The van der Waals surface area contributed by atoms with Crippen molar-refractivity contribution in [2.75, 3.05) is 5.32 Å². The van der Waals surface area contributed by atoms with Gasteiger partial charge in [-0.05, 0) is 37.5 Å². The summed E-state index contributed by atoms with van der Waals surface area (Å²) in [5.74, 6) is 1.57. The minimum atomic E-state index is 0.617. The lowest BCUT2D eigenvalue weighted by atomic mass is 10.2. The first-order valence-corrected chi connectivity index (χ1v) is 8.71. The maximum atomic E-state index is 4.77. The maximum Gasteiger partial charge on any atom is 0.180 e. The van der Waals surface area contributed by atoms with Gasteiger partial charge in [0.2, 0.25) is 0 Å². The van der Waals surface area contributed by atoms with Crippen LogP contribution in [-0.4, -0.2) is 29.5 Å². The van der Waals surface area contributed by atoms with Gasteiger partial charge in [-0.25, -0.2) is 19.5 Å². The first-order chi connectivity index (χ1) is 12.9. The molecule has 5 rings (SSSR count). The molecule has 4 aromatic rings. The van der Waals surface area contributed by atoms with E-state index in [9.17, 15) is 0 Å². The lowest BCUT2D eigenvalue weighted by molar-refractivity contribution is 0.849. The summed E-state index contributed by atoms with van der Waals surface area (Å²) in [7, 11) is 0. The molecule has 0 saturated heterocycles. The van der Waals surface area contributed by atoms with Crippen molar-refractivity contribution >= 4 is 11.5 Å². The molecule has 0 spiro atoms. The molecule has 0 bridgehead atoms.